The molecule has 0 radical (unpaired) electrons. The molecule has 3 rings (SSSR count). The van der Waals surface area contributed by atoms with E-state index in [4.69, 9.17) is 0 Å². The van der Waals surface area contributed by atoms with Crippen molar-refractivity contribution in [2.75, 3.05) is 0 Å². The van der Waals surface area contributed by atoms with E-state index < -0.39 is 0 Å². The normalized spacial score (nSPS) is 10.1. The number of fused-ring (bicyclic) bond motifs is 1. The van der Waals surface area contributed by atoms with Crippen molar-refractivity contribution in [2.24, 2.45) is 0 Å². The van der Waals surface area contributed by atoms with E-state index in [1.807, 2.05) is 18.2 Å². The molecule has 2 heterocycles. The van der Waals surface area contributed by atoms with Crippen LogP contribution in [-0.4, -0.2) is 25.6 Å². The third-order valence-electron chi connectivity index (χ3n) is 1.89. The molecule has 1 aromatic carbocycles. The fourth-order valence-corrected chi connectivity index (χ4v) is 1.88. The van der Waals surface area contributed by atoms with Crippen LogP contribution in [0.5, 0.6) is 0 Å². The molecule has 0 aliphatic rings. The van der Waals surface area contributed by atoms with Crippen LogP contribution in [0.15, 0.2) is 18.2 Å². The number of aromatic nitrogens is 5. The molecule has 0 unspecified atom stereocenters. The van der Waals surface area contributed by atoms with E-state index in [1.54, 1.807) is 0 Å². The zero-order chi connectivity index (χ0) is 9.38. The number of aromatic amines is 1. The van der Waals surface area contributed by atoms with Gasteiger partial charge < -0.3 is 4.98 Å². The van der Waals surface area contributed by atoms with Gasteiger partial charge in [-0.05, 0) is 10.7 Å². The summed E-state index contributed by atoms with van der Waals surface area (Å²) in [6.45, 7) is 0. The van der Waals surface area contributed by atoms with Crippen LogP contribution in [0.2, 0.25) is 0 Å². The van der Waals surface area contributed by atoms with Crippen molar-refractivity contribution in [3.63, 3.8) is 0 Å². The molecular weight excluding hydrogens is 205 g/mol. The second-order valence-electron chi connectivity index (χ2n) is 2.72. The van der Waals surface area contributed by atoms with Crippen LogP contribution < -0.4 is 18.9 Å². The zero-order valence-corrected chi connectivity index (χ0v) is 8.75. The monoisotopic (exact) mass is 209 g/mol. The molecule has 0 spiro atoms. The van der Waals surface area contributed by atoms with Crippen molar-refractivity contribution < 1.29 is 18.9 Å². The van der Waals surface area contributed by atoms with Gasteiger partial charge >= 0.3 is 18.9 Å². The van der Waals surface area contributed by atoms with Crippen LogP contribution in [0.3, 0.4) is 0 Å². The smallest absolute Gasteiger partial charge is 0.386 e. The summed E-state index contributed by atoms with van der Waals surface area (Å²) < 4.78 is 1.08. The molecule has 0 aliphatic carbocycles. The molecule has 0 saturated heterocycles. The number of H-pyrrole nitrogens is 1. The van der Waals surface area contributed by atoms with Crippen molar-refractivity contribution in [1.82, 2.24) is 25.6 Å². The number of tetrazole rings is 1. The van der Waals surface area contributed by atoms with Crippen molar-refractivity contribution in [1.29, 1.82) is 0 Å². The Balaban J connectivity index is 0.000000853. The van der Waals surface area contributed by atoms with E-state index >= 15 is 0 Å². The first-order valence-corrected chi connectivity index (χ1v) is 4.75. The van der Waals surface area contributed by atoms with E-state index in [0.717, 1.165) is 15.8 Å². The number of nitrogens with zero attached hydrogens (tertiary/aromatic N) is 4. The Bertz CT molecular complexity index is 561. The van der Waals surface area contributed by atoms with E-state index in [0.29, 0.717) is 5.82 Å². The fourth-order valence-electron chi connectivity index (χ4n) is 1.23. The second-order valence-corrected chi connectivity index (χ2v) is 3.55. The first-order chi connectivity index (χ1) is 6.93. The summed E-state index contributed by atoms with van der Waals surface area (Å²) in [4.78, 5) is 4.07. The maximum atomic E-state index is 4.07. The van der Waals surface area contributed by atoms with Crippen LogP contribution in [0.1, 0.15) is 0 Å². The van der Waals surface area contributed by atoms with Crippen LogP contribution in [-0.2, 0) is 0 Å². The Labute approximate surface area is 101 Å². The third-order valence-corrected chi connectivity index (χ3v) is 2.61. The predicted octanol–water partition coefficient (Wildman–Crippen LogP) is -1.72. The van der Waals surface area contributed by atoms with Crippen LogP contribution in [0, 0.1) is 5.51 Å². The van der Waals surface area contributed by atoms with Crippen LogP contribution in [0.4, 0.5) is 0 Å². The number of hydrogen-bond acceptors (Lipinski definition) is 5. The van der Waals surface area contributed by atoms with E-state index in [9.17, 15) is 0 Å². The molecule has 68 valence electrons. The fraction of sp³-hybridized carbons (Fsp3) is 0. The molecule has 2 aromatic heterocycles. The molecule has 5 nitrogen and oxygen atoms in total. The van der Waals surface area contributed by atoms with E-state index in [2.05, 4.69) is 31.1 Å². The minimum atomic E-state index is 0. The summed E-state index contributed by atoms with van der Waals surface area (Å²) in [6.07, 6.45) is 0. The second kappa shape index (κ2) is 4.11. The number of benzene rings is 1. The number of thiazole rings is 1. The molecule has 15 heavy (non-hydrogen) atoms. The van der Waals surface area contributed by atoms with E-state index in [-0.39, 0.29) is 18.9 Å². The summed E-state index contributed by atoms with van der Waals surface area (Å²) >= 11 is 1.48. The number of rotatable bonds is 1. The van der Waals surface area contributed by atoms with Gasteiger partial charge in [0.25, 0.3) is 0 Å². The van der Waals surface area contributed by atoms with Gasteiger partial charge in [-0.2, -0.15) is 5.21 Å². The Hall–Kier alpha value is -1.22. The van der Waals surface area contributed by atoms with Crippen molar-refractivity contribution in [3.05, 3.63) is 23.7 Å². The molecule has 0 bridgehead atoms. The number of hydrogen-bond donors (Lipinski definition) is 1. The average molecular weight is 209 g/mol. The van der Waals surface area contributed by atoms with Gasteiger partial charge in [0.05, 0.1) is 0 Å². The predicted molar refractivity (Wildman–Crippen MR) is 51.6 cm³/mol. The standard InChI is InChI=1S/C8H4N5S.Li/c1-2-6-7(14-4-9-6)3-5(1)8-10-12-13-11-8;/h1-3H,(H,10,11,12,13);/q-1;+1. The molecule has 0 saturated carbocycles. The van der Waals surface area contributed by atoms with Gasteiger partial charge in [-0.25, -0.2) is 0 Å². The van der Waals surface area contributed by atoms with E-state index in [1.165, 1.54) is 11.3 Å². The Morgan fingerprint density at radius 2 is 2.27 bits per heavy atom. The maximum Gasteiger partial charge on any atom is 1.00 e. The topological polar surface area (TPSA) is 67.3 Å². The zero-order valence-electron chi connectivity index (χ0n) is 7.93. The van der Waals surface area contributed by atoms with Gasteiger partial charge in [0, 0.05) is 5.56 Å². The van der Waals surface area contributed by atoms with Gasteiger partial charge in [0.2, 0.25) is 5.82 Å². The van der Waals surface area contributed by atoms with Gasteiger partial charge in [-0.15, -0.1) is 16.3 Å². The largest absolute Gasteiger partial charge is 1.00 e. The summed E-state index contributed by atoms with van der Waals surface area (Å²) in [5.74, 6) is 0.598. The summed E-state index contributed by atoms with van der Waals surface area (Å²) in [5.41, 5.74) is 4.72. The van der Waals surface area contributed by atoms with Crippen molar-refractivity contribution >= 4 is 21.6 Å². The molecular formula is C8H4LiN5S. The Morgan fingerprint density at radius 3 is 3.07 bits per heavy atom. The van der Waals surface area contributed by atoms with Crippen LogP contribution >= 0.6 is 11.3 Å². The first-order valence-electron chi connectivity index (χ1n) is 3.94. The summed E-state index contributed by atoms with van der Waals surface area (Å²) in [5, 5.41) is 13.7. The SMILES string of the molecule is [Li+].[c-]1nc2ccc(-c3nn[nH]n3)cc2s1. The molecule has 0 fully saturated rings. The van der Waals surface area contributed by atoms with Crippen LogP contribution in [0.25, 0.3) is 21.6 Å². The first kappa shape index (κ1) is 10.3. The molecule has 3 aromatic rings. The Morgan fingerprint density at radius 1 is 1.33 bits per heavy atom. The maximum absolute atomic E-state index is 4.07. The van der Waals surface area contributed by atoms with Gasteiger partial charge in [-0.3, -0.25) is 11.3 Å². The summed E-state index contributed by atoms with van der Waals surface area (Å²) in [7, 11) is 0. The quantitative estimate of drug-likeness (QED) is 0.382. The van der Waals surface area contributed by atoms with Gasteiger partial charge in [0.15, 0.2) is 0 Å². The van der Waals surface area contributed by atoms with Gasteiger partial charge in [-0.1, -0.05) is 22.3 Å². The summed E-state index contributed by atoms with van der Waals surface area (Å²) in [6, 6.07) is 5.82. The Kier molecular flexibility index (Phi) is 2.82. The molecule has 0 atom stereocenters. The number of nitrogens with one attached hydrogen (secondary N) is 1. The van der Waals surface area contributed by atoms with Gasteiger partial charge in [0.1, 0.15) is 0 Å². The minimum absolute atomic E-state index is 0. The molecule has 0 aliphatic heterocycles. The van der Waals surface area contributed by atoms with Crippen molar-refractivity contribution in [3.8, 4) is 11.4 Å². The molecule has 1 N–H and O–H groups in total. The average Bonchev–Trinajstić information content (AvgIpc) is 2.88. The molecule has 0 amide bonds. The minimum Gasteiger partial charge on any atom is -0.386 e. The third kappa shape index (κ3) is 1.79. The molecule has 7 heteroatoms. The van der Waals surface area contributed by atoms with Crippen molar-refractivity contribution in [2.45, 2.75) is 0 Å².